The van der Waals surface area contributed by atoms with Crippen LogP contribution in [0.1, 0.15) is 38.5 Å². The highest BCUT2D eigenvalue weighted by Gasteiger charge is 2.32. The molecule has 2 atom stereocenters. The summed E-state index contributed by atoms with van der Waals surface area (Å²) in [4.78, 5) is 2.67. The average Bonchev–Trinajstić information content (AvgIpc) is 2.35. The normalized spacial score (nSPS) is 31.3. The predicted octanol–water partition coefficient (Wildman–Crippen LogP) is 1.62. The van der Waals surface area contributed by atoms with Crippen LogP contribution in [-0.4, -0.2) is 43.8 Å². The third-order valence-electron chi connectivity index (χ3n) is 4.14. The largest absolute Gasteiger partial charge is 0.379 e. The van der Waals surface area contributed by atoms with Gasteiger partial charge in [-0.2, -0.15) is 0 Å². The number of hydrogen-bond acceptors (Lipinski definition) is 3. The number of piperidine rings is 1. The van der Waals surface area contributed by atoms with E-state index >= 15 is 0 Å². The van der Waals surface area contributed by atoms with Gasteiger partial charge in [-0.05, 0) is 38.1 Å². The SMILES string of the molecule is NCCOCCN1CCCC2CCCCC21. The lowest BCUT2D eigenvalue weighted by Crippen LogP contribution is -2.47. The molecule has 94 valence electrons. The molecule has 2 unspecified atom stereocenters. The smallest absolute Gasteiger partial charge is 0.0594 e. The quantitative estimate of drug-likeness (QED) is 0.724. The molecule has 0 bridgehead atoms. The number of nitrogens with zero attached hydrogens (tertiary/aromatic N) is 1. The molecule has 3 nitrogen and oxygen atoms in total. The lowest BCUT2D eigenvalue weighted by atomic mass is 9.78. The van der Waals surface area contributed by atoms with Crippen LogP contribution in [0.15, 0.2) is 0 Å². The van der Waals surface area contributed by atoms with E-state index in [1.54, 1.807) is 0 Å². The van der Waals surface area contributed by atoms with E-state index in [-0.39, 0.29) is 0 Å². The van der Waals surface area contributed by atoms with Crippen LogP contribution in [0.4, 0.5) is 0 Å². The lowest BCUT2D eigenvalue weighted by molar-refractivity contribution is 0.0305. The van der Waals surface area contributed by atoms with Gasteiger partial charge < -0.3 is 10.5 Å². The Morgan fingerprint density at radius 1 is 1.06 bits per heavy atom. The van der Waals surface area contributed by atoms with E-state index in [0.717, 1.165) is 25.1 Å². The highest BCUT2D eigenvalue weighted by atomic mass is 16.5. The second kappa shape index (κ2) is 6.58. The minimum absolute atomic E-state index is 0.645. The van der Waals surface area contributed by atoms with Crippen LogP contribution in [0.2, 0.25) is 0 Å². The standard InChI is InChI=1S/C13H26N2O/c14-7-10-16-11-9-15-8-3-5-12-4-1-2-6-13(12)15/h12-13H,1-11,14H2. The van der Waals surface area contributed by atoms with E-state index in [1.807, 2.05) is 0 Å². The Labute approximate surface area is 99.3 Å². The number of likely N-dealkylation sites (tertiary alicyclic amines) is 1. The molecule has 0 spiro atoms. The van der Waals surface area contributed by atoms with E-state index in [9.17, 15) is 0 Å². The fraction of sp³-hybridized carbons (Fsp3) is 1.00. The maximum atomic E-state index is 5.50. The van der Waals surface area contributed by atoms with E-state index in [0.29, 0.717) is 13.2 Å². The highest BCUT2D eigenvalue weighted by Crippen LogP contribution is 2.34. The number of ether oxygens (including phenoxy) is 1. The summed E-state index contributed by atoms with van der Waals surface area (Å²) in [6.45, 7) is 4.61. The Hall–Kier alpha value is -0.120. The van der Waals surface area contributed by atoms with E-state index < -0.39 is 0 Å². The Kier molecular flexibility index (Phi) is 5.07. The highest BCUT2D eigenvalue weighted by molar-refractivity contribution is 4.87. The molecular weight excluding hydrogens is 200 g/mol. The topological polar surface area (TPSA) is 38.5 Å². The minimum atomic E-state index is 0.645. The van der Waals surface area contributed by atoms with E-state index in [1.165, 1.54) is 45.1 Å². The molecule has 0 aromatic carbocycles. The molecule has 0 amide bonds. The van der Waals surface area contributed by atoms with Gasteiger partial charge in [-0.3, -0.25) is 4.90 Å². The molecule has 1 saturated heterocycles. The fourth-order valence-corrected chi connectivity index (χ4v) is 3.37. The van der Waals surface area contributed by atoms with Crippen LogP contribution in [0, 0.1) is 5.92 Å². The molecule has 1 saturated carbocycles. The Balaban J connectivity index is 1.74. The summed E-state index contributed by atoms with van der Waals surface area (Å²) in [5, 5.41) is 0. The number of hydrogen-bond donors (Lipinski definition) is 1. The van der Waals surface area contributed by atoms with Gasteiger partial charge in [0.15, 0.2) is 0 Å². The van der Waals surface area contributed by atoms with Crippen LogP contribution in [0.25, 0.3) is 0 Å². The summed E-state index contributed by atoms with van der Waals surface area (Å²) in [5.41, 5.74) is 5.42. The van der Waals surface area contributed by atoms with Crippen LogP contribution < -0.4 is 5.73 Å². The summed E-state index contributed by atoms with van der Waals surface area (Å²) in [6.07, 6.45) is 8.62. The molecule has 2 aliphatic rings. The molecular formula is C13H26N2O. The van der Waals surface area contributed by atoms with Gasteiger partial charge in [0, 0.05) is 19.1 Å². The van der Waals surface area contributed by atoms with Crippen molar-refractivity contribution < 1.29 is 4.74 Å². The first-order valence-electron chi connectivity index (χ1n) is 6.93. The summed E-state index contributed by atoms with van der Waals surface area (Å²) < 4.78 is 5.50. The van der Waals surface area contributed by atoms with Crippen molar-refractivity contribution in [3.63, 3.8) is 0 Å². The Morgan fingerprint density at radius 3 is 2.75 bits per heavy atom. The molecule has 0 aromatic rings. The van der Waals surface area contributed by atoms with Crippen LogP contribution >= 0.6 is 0 Å². The summed E-state index contributed by atoms with van der Waals surface area (Å²) in [7, 11) is 0. The molecule has 1 heterocycles. The van der Waals surface area contributed by atoms with Crippen LogP contribution in [-0.2, 0) is 4.74 Å². The average molecular weight is 226 g/mol. The van der Waals surface area contributed by atoms with Crippen molar-refractivity contribution in [1.29, 1.82) is 0 Å². The first-order chi connectivity index (χ1) is 7.92. The summed E-state index contributed by atoms with van der Waals surface area (Å²) in [5.74, 6) is 0.983. The van der Waals surface area contributed by atoms with Crippen molar-refractivity contribution in [3.05, 3.63) is 0 Å². The number of fused-ring (bicyclic) bond motifs is 1. The zero-order chi connectivity index (χ0) is 11.2. The first-order valence-corrected chi connectivity index (χ1v) is 6.93. The monoisotopic (exact) mass is 226 g/mol. The molecule has 2 rings (SSSR count). The first kappa shape index (κ1) is 12.3. The zero-order valence-corrected chi connectivity index (χ0v) is 10.4. The molecule has 0 aromatic heterocycles. The number of nitrogens with two attached hydrogens (primary N) is 1. The van der Waals surface area contributed by atoms with Gasteiger partial charge in [0.1, 0.15) is 0 Å². The van der Waals surface area contributed by atoms with Crippen molar-refractivity contribution in [2.75, 3.05) is 32.8 Å². The fourth-order valence-electron chi connectivity index (χ4n) is 3.37. The van der Waals surface area contributed by atoms with Gasteiger partial charge in [-0.15, -0.1) is 0 Å². The summed E-state index contributed by atoms with van der Waals surface area (Å²) in [6, 6.07) is 0.865. The van der Waals surface area contributed by atoms with Gasteiger partial charge in [0.25, 0.3) is 0 Å². The molecule has 1 aliphatic heterocycles. The van der Waals surface area contributed by atoms with Gasteiger partial charge in [0.05, 0.1) is 13.2 Å². The Bertz CT molecular complexity index is 196. The van der Waals surface area contributed by atoms with Crippen molar-refractivity contribution >= 4 is 0 Å². The molecule has 2 N–H and O–H groups in total. The lowest BCUT2D eigenvalue weighted by Gasteiger charge is -2.44. The third-order valence-corrected chi connectivity index (χ3v) is 4.14. The summed E-state index contributed by atoms with van der Waals surface area (Å²) >= 11 is 0. The van der Waals surface area contributed by atoms with Gasteiger partial charge in [-0.1, -0.05) is 12.8 Å². The third kappa shape index (κ3) is 3.19. The molecule has 1 aliphatic carbocycles. The van der Waals surface area contributed by atoms with Gasteiger partial charge in [-0.25, -0.2) is 0 Å². The predicted molar refractivity (Wildman–Crippen MR) is 66.4 cm³/mol. The van der Waals surface area contributed by atoms with Gasteiger partial charge in [0.2, 0.25) is 0 Å². The zero-order valence-electron chi connectivity index (χ0n) is 10.4. The second-order valence-corrected chi connectivity index (χ2v) is 5.19. The van der Waals surface area contributed by atoms with Crippen LogP contribution in [0.3, 0.4) is 0 Å². The molecule has 16 heavy (non-hydrogen) atoms. The maximum Gasteiger partial charge on any atom is 0.0594 e. The van der Waals surface area contributed by atoms with Gasteiger partial charge >= 0.3 is 0 Å². The van der Waals surface area contributed by atoms with E-state index in [4.69, 9.17) is 10.5 Å². The van der Waals surface area contributed by atoms with E-state index in [2.05, 4.69) is 4.90 Å². The molecule has 2 fully saturated rings. The van der Waals surface area contributed by atoms with Crippen molar-refractivity contribution in [1.82, 2.24) is 4.90 Å². The van der Waals surface area contributed by atoms with Crippen molar-refractivity contribution in [2.45, 2.75) is 44.6 Å². The Morgan fingerprint density at radius 2 is 1.88 bits per heavy atom. The molecule has 0 radical (unpaired) electrons. The maximum absolute atomic E-state index is 5.50. The second-order valence-electron chi connectivity index (χ2n) is 5.19. The molecule has 3 heteroatoms. The van der Waals surface area contributed by atoms with Crippen LogP contribution in [0.5, 0.6) is 0 Å². The number of rotatable bonds is 5. The van der Waals surface area contributed by atoms with Crippen molar-refractivity contribution in [2.24, 2.45) is 11.7 Å². The minimum Gasteiger partial charge on any atom is -0.379 e. The van der Waals surface area contributed by atoms with Crippen molar-refractivity contribution in [3.8, 4) is 0 Å².